The summed E-state index contributed by atoms with van der Waals surface area (Å²) in [6.07, 6.45) is 0. The lowest BCUT2D eigenvalue weighted by molar-refractivity contribution is -0.153. The highest BCUT2D eigenvalue weighted by molar-refractivity contribution is 6.00. The standard InChI is InChI=1S/C16H20N2O4/c1-16(2,3)22-14(19)9-17-15(20)12-8-10-11(18-12)6-5-7-13(10)21-4/h5-8,18H,9H2,1-4H3,(H,17,20). The van der Waals surface area contributed by atoms with E-state index in [2.05, 4.69) is 10.3 Å². The van der Waals surface area contributed by atoms with Gasteiger partial charge in [0.25, 0.3) is 5.91 Å². The van der Waals surface area contributed by atoms with Crippen LogP contribution in [-0.4, -0.2) is 36.1 Å². The molecule has 0 bridgehead atoms. The molecular weight excluding hydrogens is 284 g/mol. The lowest BCUT2D eigenvalue weighted by Crippen LogP contribution is -2.34. The average molecular weight is 304 g/mol. The van der Waals surface area contributed by atoms with Gasteiger partial charge in [-0.25, -0.2) is 0 Å². The molecule has 0 radical (unpaired) electrons. The van der Waals surface area contributed by atoms with Gasteiger partial charge < -0.3 is 19.8 Å². The van der Waals surface area contributed by atoms with Crippen LogP contribution in [0.5, 0.6) is 5.75 Å². The molecule has 0 aliphatic rings. The van der Waals surface area contributed by atoms with Gasteiger partial charge >= 0.3 is 5.97 Å². The lowest BCUT2D eigenvalue weighted by atomic mass is 10.2. The van der Waals surface area contributed by atoms with E-state index in [0.717, 1.165) is 10.9 Å². The first-order valence-corrected chi connectivity index (χ1v) is 6.96. The number of benzene rings is 1. The number of hydrogen-bond acceptors (Lipinski definition) is 4. The molecule has 0 saturated carbocycles. The quantitative estimate of drug-likeness (QED) is 0.849. The molecule has 6 nitrogen and oxygen atoms in total. The Hall–Kier alpha value is -2.50. The van der Waals surface area contributed by atoms with Crippen molar-refractivity contribution in [2.24, 2.45) is 0 Å². The third kappa shape index (κ3) is 3.78. The summed E-state index contributed by atoms with van der Waals surface area (Å²) in [5.74, 6) is -0.168. The molecule has 0 aliphatic heterocycles. The van der Waals surface area contributed by atoms with Gasteiger partial charge in [-0.2, -0.15) is 0 Å². The van der Waals surface area contributed by atoms with Gasteiger partial charge in [-0.1, -0.05) is 6.07 Å². The Morgan fingerprint density at radius 3 is 2.64 bits per heavy atom. The molecule has 2 rings (SSSR count). The van der Waals surface area contributed by atoms with Crippen LogP contribution in [0.4, 0.5) is 0 Å². The first kappa shape index (κ1) is 15.9. The highest BCUT2D eigenvalue weighted by Gasteiger charge is 2.18. The molecule has 0 unspecified atom stereocenters. The minimum absolute atomic E-state index is 0.178. The minimum Gasteiger partial charge on any atom is -0.496 e. The summed E-state index contributed by atoms with van der Waals surface area (Å²) in [7, 11) is 1.57. The van der Waals surface area contributed by atoms with E-state index >= 15 is 0 Å². The van der Waals surface area contributed by atoms with Gasteiger partial charge in [0.2, 0.25) is 0 Å². The van der Waals surface area contributed by atoms with E-state index in [1.54, 1.807) is 33.9 Å². The molecule has 0 fully saturated rings. The number of aromatic nitrogens is 1. The number of hydrogen-bond donors (Lipinski definition) is 2. The summed E-state index contributed by atoms with van der Waals surface area (Å²) in [5.41, 5.74) is 0.584. The van der Waals surface area contributed by atoms with Crippen molar-refractivity contribution in [2.75, 3.05) is 13.7 Å². The fourth-order valence-electron chi connectivity index (χ4n) is 2.05. The monoisotopic (exact) mass is 304 g/mol. The lowest BCUT2D eigenvalue weighted by Gasteiger charge is -2.19. The van der Waals surface area contributed by atoms with Crippen LogP contribution in [0.25, 0.3) is 10.9 Å². The number of H-pyrrole nitrogens is 1. The fraction of sp³-hybridized carbons (Fsp3) is 0.375. The van der Waals surface area contributed by atoms with Crippen molar-refractivity contribution < 1.29 is 19.1 Å². The number of carbonyl (C=O) groups excluding carboxylic acids is 2. The summed E-state index contributed by atoms with van der Waals surface area (Å²) in [4.78, 5) is 26.7. The van der Waals surface area contributed by atoms with Crippen molar-refractivity contribution in [1.82, 2.24) is 10.3 Å². The van der Waals surface area contributed by atoms with Crippen molar-refractivity contribution in [3.05, 3.63) is 30.0 Å². The Kier molecular flexibility index (Phi) is 4.40. The Morgan fingerprint density at radius 2 is 2.00 bits per heavy atom. The molecule has 1 heterocycles. The molecule has 0 saturated heterocycles. The largest absolute Gasteiger partial charge is 0.496 e. The molecular formula is C16H20N2O4. The van der Waals surface area contributed by atoms with Crippen LogP contribution >= 0.6 is 0 Å². The van der Waals surface area contributed by atoms with E-state index in [4.69, 9.17) is 9.47 Å². The van der Waals surface area contributed by atoms with Gasteiger partial charge in [-0.15, -0.1) is 0 Å². The normalized spacial score (nSPS) is 11.3. The van der Waals surface area contributed by atoms with Crippen molar-refractivity contribution in [2.45, 2.75) is 26.4 Å². The van der Waals surface area contributed by atoms with Crippen LogP contribution in [0.1, 0.15) is 31.3 Å². The molecule has 22 heavy (non-hydrogen) atoms. The van der Waals surface area contributed by atoms with E-state index < -0.39 is 11.6 Å². The second-order valence-electron chi connectivity index (χ2n) is 5.87. The van der Waals surface area contributed by atoms with Crippen LogP contribution in [-0.2, 0) is 9.53 Å². The number of aromatic amines is 1. The van der Waals surface area contributed by atoms with E-state index in [-0.39, 0.29) is 12.5 Å². The zero-order chi connectivity index (χ0) is 16.3. The van der Waals surface area contributed by atoms with E-state index in [0.29, 0.717) is 11.4 Å². The number of amides is 1. The van der Waals surface area contributed by atoms with Crippen LogP contribution in [0.3, 0.4) is 0 Å². The maximum Gasteiger partial charge on any atom is 0.325 e. The molecule has 6 heteroatoms. The molecule has 1 aromatic carbocycles. The fourth-order valence-corrected chi connectivity index (χ4v) is 2.05. The van der Waals surface area contributed by atoms with Gasteiger partial charge in [-0.3, -0.25) is 9.59 Å². The highest BCUT2D eigenvalue weighted by atomic mass is 16.6. The number of carbonyl (C=O) groups is 2. The topological polar surface area (TPSA) is 80.4 Å². The Morgan fingerprint density at radius 1 is 1.27 bits per heavy atom. The third-order valence-electron chi connectivity index (χ3n) is 2.90. The molecule has 0 aliphatic carbocycles. The van der Waals surface area contributed by atoms with Crippen molar-refractivity contribution in [1.29, 1.82) is 0 Å². The zero-order valence-electron chi connectivity index (χ0n) is 13.1. The van der Waals surface area contributed by atoms with Crippen LogP contribution in [0.2, 0.25) is 0 Å². The predicted octanol–water partition coefficient (Wildman–Crippen LogP) is 2.25. The summed E-state index contributed by atoms with van der Waals surface area (Å²) in [5, 5.41) is 3.35. The maximum atomic E-state index is 12.1. The zero-order valence-corrected chi connectivity index (χ0v) is 13.1. The van der Waals surface area contributed by atoms with Crippen molar-refractivity contribution >= 4 is 22.8 Å². The summed E-state index contributed by atoms with van der Waals surface area (Å²) < 4.78 is 10.4. The molecule has 0 spiro atoms. The Balaban J connectivity index is 2.06. The van der Waals surface area contributed by atoms with E-state index in [9.17, 15) is 9.59 Å². The minimum atomic E-state index is -0.573. The van der Waals surface area contributed by atoms with Crippen LogP contribution in [0.15, 0.2) is 24.3 Å². The smallest absolute Gasteiger partial charge is 0.325 e. The number of esters is 1. The SMILES string of the molecule is COc1cccc2[nH]c(C(=O)NCC(=O)OC(C)(C)C)cc12. The van der Waals surface area contributed by atoms with Gasteiger partial charge in [0, 0.05) is 10.9 Å². The number of methoxy groups -OCH3 is 1. The first-order chi connectivity index (χ1) is 10.3. The summed E-state index contributed by atoms with van der Waals surface area (Å²) in [6, 6.07) is 7.19. The predicted molar refractivity (Wildman–Crippen MR) is 83.0 cm³/mol. The van der Waals surface area contributed by atoms with Gasteiger partial charge in [0.1, 0.15) is 23.6 Å². The van der Waals surface area contributed by atoms with Crippen LogP contribution < -0.4 is 10.1 Å². The number of fused-ring (bicyclic) bond motifs is 1. The van der Waals surface area contributed by atoms with Crippen molar-refractivity contribution in [3.63, 3.8) is 0 Å². The van der Waals surface area contributed by atoms with E-state index in [1.165, 1.54) is 0 Å². The molecule has 1 aromatic heterocycles. The first-order valence-electron chi connectivity index (χ1n) is 6.96. The average Bonchev–Trinajstić information content (AvgIpc) is 2.86. The Bertz CT molecular complexity index is 698. The highest BCUT2D eigenvalue weighted by Crippen LogP contribution is 2.25. The van der Waals surface area contributed by atoms with Gasteiger partial charge in [0.15, 0.2) is 0 Å². The second kappa shape index (κ2) is 6.09. The van der Waals surface area contributed by atoms with E-state index in [1.807, 2.05) is 18.2 Å². The summed E-state index contributed by atoms with van der Waals surface area (Å²) >= 11 is 0. The van der Waals surface area contributed by atoms with Crippen molar-refractivity contribution in [3.8, 4) is 5.75 Å². The molecule has 2 aromatic rings. The Labute approximate surface area is 128 Å². The maximum absolute atomic E-state index is 12.1. The van der Waals surface area contributed by atoms with Gasteiger partial charge in [-0.05, 0) is 39.0 Å². The number of rotatable bonds is 4. The molecule has 2 N–H and O–H groups in total. The number of nitrogens with one attached hydrogen (secondary N) is 2. The number of ether oxygens (including phenoxy) is 2. The molecule has 118 valence electrons. The van der Waals surface area contributed by atoms with Crippen LogP contribution in [0, 0.1) is 0 Å². The molecule has 0 atom stereocenters. The molecule has 1 amide bonds. The second-order valence-corrected chi connectivity index (χ2v) is 5.87. The third-order valence-corrected chi connectivity index (χ3v) is 2.90. The summed E-state index contributed by atoms with van der Waals surface area (Å²) in [6.45, 7) is 5.15. The van der Waals surface area contributed by atoms with Gasteiger partial charge in [0.05, 0.1) is 7.11 Å².